The summed E-state index contributed by atoms with van der Waals surface area (Å²) in [6, 6.07) is 7.67. The summed E-state index contributed by atoms with van der Waals surface area (Å²) in [6.45, 7) is 2.15. The molecular formula is C13H12O3S. The molecule has 0 saturated carbocycles. The van der Waals surface area contributed by atoms with Crippen LogP contribution in [0, 0.1) is 0 Å². The smallest absolute Gasteiger partial charge is 0.330 e. The van der Waals surface area contributed by atoms with Gasteiger partial charge in [0.25, 0.3) is 0 Å². The van der Waals surface area contributed by atoms with Crippen molar-refractivity contribution in [2.45, 2.75) is 6.92 Å². The lowest BCUT2D eigenvalue weighted by molar-refractivity contribution is -0.137. The van der Waals surface area contributed by atoms with E-state index >= 15 is 0 Å². The SMILES string of the molecule is CCOC(=O)/C=C/c1ccc(-c2cccs2)o1. The summed E-state index contributed by atoms with van der Waals surface area (Å²) in [7, 11) is 0. The first kappa shape index (κ1) is 11.7. The topological polar surface area (TPSA) is 39.4 Å². The van der Waals surface area contributed by atoms with Crippen molar-refractivity contribution in [3.63, 3.8) is 0 Å². The molecule has 0 saturated heterocycles. The van der Waals surface area contributed by atoms with E-state index in [9.17, 15) is 4.79 Å². The minimum atomic E-state index is -0.360. The van der Waals surface area contributed by atoms with Crippen LogP contribution in [0.5, 0.6) is 0 Å². The van der Waals surface area contributed by atoms with Crippen LogP contribution in [-0.2, 0) is 9.53 Å². The van der Waals surface area contributed by atoms with Gasteiger partial charge < -0.3 is 9.15 Å². The largest absolute Gasteiger partial charge is 0.463 e. The van der Waals surface area contributed by atoms with Gasteiger partial charge in [-0.05, 0) is 36.6 Å². The highest BCUT2D eigenvalue weighted by Gasteiger charge is 2.03. The molecule has 4 heteroatoms. The Labute approximate surface area is 103 Å². The molecule has 0 aliphatic carbocycles. The van der Waals surface area contributed by atoms with Gasteiger partial charge in [0.2, 0.25) is 0 Å². The first-order valence-electron chi connectivity index (χ1n) is 5.28. The van der Waals surface area contributed by atoms with E-state index in [0.717, 1.165) is 10.6 Å². The highest BCUT2D eigenvalue weighted by molar-refractivity contribution is 7.13. The van der Waals surface area contributed by atoms with Gasteiger partial charge in [-0.25, -0.2) is 4.79 Å². The number of carbonyl (C=O) groups is 1. The molecule has 0 N–H and O–H groups in total. The van der Waals surface area contributed by atoms with E-state index in [0.29, 0.717) is 12.4 Å². The third kappa shape index (κ3) is 3.07. The fraction of sp³-hybridized carbons (Fsp3) is 0.154. The maximum Gasteiger partial charge on any atom is 0.330 e. The first-order chi connectivity index (χ1) is 8.29. The molecule has 17 heavy (non-hydrogen) atoms. The molecular weight excluding hydrogens is 236 g/mol. The van der Waals surface area contributed by atoms with Crippen LogP contribution in [0.1, 0.15) is 12.7 Å². The second-order valence-electron chi connectivity index (χ2n) is 3.26. The summed E-state index contributed by atoms with van der Waals surface area (Å²) in [5.74, 6) is 1.09. The lowest BCUT2D eigenvalue weighted by Gasteiger charge is -1.93. The lowest BCUT2D eigenvalue weighted by Crippen LogP contribution is -1.98. The Hall–Kier alpha value is -1.81. The molecule has 0 radical (unpaired) electrons. The molecule has 0 spiro atoms. The number of ether oxygens (including phenoxy) is 1. The Balaban J connectivity index is 2.06. The van der Waals surface area contributed by atoms with Crippen molar-refractivity contribution in [3.8, 4) is 10.6 Å². The van der Waals surface area contributed by atoms with Crippen molar-refractivity contribution in [3.05, 3.63) is 41.5 Å². The molecule has 0 fully saturated rings. The predicted molar refractivity (Wildman–Crippen MR) is 67.7 cm³/mol. The van der Waals surface area contributed by atoms with Crippen molar-refractivity contribution < 1.29 is 13.9 Å². The van der Waals surface area contributed by atoms with Crippen molar-refractivity contribution in [1.82, 2.24) is 0 Å². The normalized spacial score (nSPS) is 10.9. The maximum atomic E-state index is 11.1. The van der Waals surface area contributed by atoms with E-state index in [4.69, 9.17) is 9.15 Å². The summed E-state index contributed by atoms with van der Waals surface area (Å²) >= 11 is 1.61. The summed E-state index contributed by atoms with van der Waals surface area (Å²) in [6.07, 6.45) is 2.97. The second-order valence-corrected chi connectivity index (χ2v) is 4.21. The standard InChI is InChI=1S/C13H12O3S/c1-2-15-13(14)8-6-10-5-7-11(16-10)12-4-3-9-17-12/h3-9H,2H2,1H3/b8-6+. The number of carbonyl (C=O) groups excluding carboxylic acids is 1. The third-order valence-electron chi connectivity index (χ3n) is 2.06. The average Bonchev–Trinajstić information content (AvgIpc) is 2.97. The number of hydrogen-bond acceptors (Lipinski definition) is 4. The van der Waals surface area contributed by atoms with Crippen LogP contribution in [0.2, 0.25) is 0 Å². The lowest BCUT2D eigenvalue weighted by atomic mass is 10.3. The van der Waals surface area contributed by atoms with Crippen LogP contribution < -0.4 is 0 Å². The van der Waals surface area contributed by atoms with E-state index in [2.05, 4.69) is 0 Å². The van der Waals surface area contributed by atoms with E-state index in [1.165, 1.54) is 6.08 Å². The zero-order valence-corrected chi connectivity index (χ0v) is 10.2. The van der Waals surface area contributed by atoms with Crippen molar-refractivity contribution in [1.29, 1.82) is 0 Å². The zero-order chi connectivity index (χ0) is 12.1. The number of esters is 1. The second kappa shape index (κ2) is 5.50. The van der Waals surface area contributed by atoms with Gasteiger partial charge in [0.05, 0.1) is 11.5 Å². The Morgan fingerprint density at radius 1 is 1.47 bits per heavy atom. The molecule has 0 aromatic carbocycles. The average molecular weight is 248 g/mol. The van der Waals surface area contributed by atoms with Gasteiger partial charge in [0.1, 0.15) is 11.5 Å². The molecule has 0 aliphatic rings. The number of hydrogen-bond donors (Lipinski definition) is 0. The summed E-state index contributed by atoms with van der Waals surface area (Å²) in [4.78, 5) is 12.2. The van der Waals surface area contributed by atoms with E-state index < -0.39 is 0 Å². The van der Waals surface area contributed by atoms with Crippen molar-refractivity contribution >= 4 is 23.4 Å². The molecule has 0 aliphatic heterocycles. The fourth-order valence-electron chi connectivity index (χ4n) is 1.33. The Morgan fingerprint density at radius 3 is 3.06 bits per heavy atom. The monoisotopic (exact) mass is 248 g/mol. The number of thiophene rings is 1. The molecule has 3 nitrogen and oxygen atoms in total. The van der Waals surface area contributed by atoms with E-state index in [1.54, 1.807) is 24.3 Å². The molecule has 0 atom stereocenters. The molecule has 2 aromatic rings. The number of furan rings is 1. The Bertz CT molecular complexity index is 509. The molecule has 88 valence electrons. The van der Waals surface area contributed by atoms with Crippen LogP contribution in [0.3, 0.4) is 0 Å². The summed E-state index contributed by atoms with van der Waals surface area (Å²) in [5.41, 5.74) is 0. The maximum absolute atomic E-state index is 11.1. The Morgan fingerprint density at radius 2 is 2.35 bits per heavy atom. The zero-order valence-electron chi connectivity index (χ0n) is 9.38. The van der Waals surface area contributed by atoms with Gasteiger partial charge in [-0.2, -0.15) is 0 Å². The van der Waals surface area contributed by atoms with Gasteiger partial charge in [0.15, 0.2) is 0 Å². The van der Waals surface area contributed by atoms with Crippen LogP contribution in [0.25, 0.3) is 16.7 Å². The van der Waals surface area contributed by atoms with E-state index in [-0.39, 0.29) is 5.97 Å². The van der Waals surface area contributed by atoms with Crippen molar-refractivity contribution in [2.75, 3.05) is 6.61 Å². The van der Waals surface area contributed by atoms with E-state index in [1.807, 2.05) is 29.6 Å². The fourth-order valence-corrected chi connectivity index (χ4v) is 2.02. The molecule has 2 aromatic heterocycles. The number of rotatable bonds is 4. The summed E-state index contributed by atoms with van der Waals surface area (Å²) < 4.78 is 10.3. The molecule has 2 heterocycles. The van der Waals surface area contributed by atoms with Gasteiger partial charge in [-0.1, -0.05) is 6.07 Å². The van der Waals surface area contributed by atoms with Gasteiger partial charge in [0, 0.05) is 6.08 Å². The highest BCUT2D eigenvalue weighted by Crippen LogP contribution is 2.26. The molecule has 0 amide bonds. The minimum Gasteiger partial charge on any atom is -0.463 e. The van der Waals surface area contributed by atoms with Gasteiger partial charge in [-0.3, -0.25) is 0 Å². The predicted octanol–water partition coefficient (Wildman–Crippen LogP) is 3.58. The summed E-state index contributed by atoms with van der Waals surface area (Å²) in [5, 5.41) is 1.99. The Kier molecular flexibility index (Phi) is 3.77. The molecule has 0 bridgehead atoms. The van der Waals surface area contributed by atoms with Crippen LogP contribution in [-0.4, -0.2) is 12.6 Å². The molecule has 0 unspecified atom stereocenters. The first-order valence-corrected chi connectivity index (χ1v) is 6.16. The van der Waals surface area contributed by atoms with Crippen LogP contribution in [0.15, 0.2) is 40.1 Å². The van der Waals surface area contributed by atoms with Crippen LogP contribution in [0.4, 0.5) is 0 Å². The van der Waals surface area contributed by atoms with Crippen LogP contribution >= 0.6 is 11.3 Å². The molecule has 2 rings (SSSR count). The third-order valence-corrected chi connectivity index (χ3v) is 2.95. The minimum absolute atomic E-state index is 0.360. The van der Waals surface area contributed by atoms with Crippen molar-refractivity contribution in [2.24, 2.45) is 0 Å². The quantitative estimate of drug-likeness (QED) is 0.613. The van der Waals surface area contributed by atoms with Gasteiger partial charge in [-0.15, -0.1) is 11.3 Å². The highest BCUT2D eigenvalue weighted by atomic mass is 32.1. The van der Waals surface area contributed by atoms with Gasteiger partial charge >= 0.3 is 5.97 Å².